The number of ether oxygens (including phenoxy) is 1. The second kappa shape index (κ2) is 7.67. The van der Waals surface area contributed by atoms with Crippen LogP contribution in [-0.2, 0) is 4.74 Å². The van der Waals surface area contributed by atoms with Gasteiger partial charge >= 0.3 is 12.0 Å². The Morgan fingerprint density at radius 3 is 2.60 bits per heavy atom. The van der Waals surface area contributed by atoms with Gasteiger partial charge in [0, 0.05) is 16.6 Å². The third-order valence-corrected chi connectivity index (χ3v) is 4.21. The molecule has 2 aromatic heterocycles. The molecule has 0 spiro atoms. The number of urea groups is 1. The van der Waals surface area contributed by atoms with Crippen LogP contribution in [0.3, 0.4) is 0 Å². The van der Waals surface area contributed by atoms with E-state index < -0.39 is 12.0 Å². The summed E-state index contributed by atoms with van der Waals surface area (Å²) >= 11 is 1.23. The van der Waals surface area contributed by atoms with Gasteiger partial charge in [-0.25, -0.2) is 9.59 Å². The SMILES string of the molecule is CCOC(=O)c1c(-c2ccco2)csc1NC(=O)Nc1ccccc1. The third-order valence-electron chi connectivity index (χ3n) is 3.32. The number of amides is 2. The maximum absolute atomic E-state index is 12.4. The smallest absolute Gasteiger partial charge is 0.341 e. The van der Waals surface area contributed by atoms with Crippen molar-refractivity contribution in [2.75, 3.05) is 17.2 Å². The number of benzene rings is 1. The van der Waals surface area contributed by atoms with Crippen LogP contribution >= 0.6 is 11.3 Å². The van der Waals surface area contributed by atoms with E-state index in [2.05, 4.69) is 10.6 Å². The standard InChI is InChI=1S/C18H16N2O4S/c1-2-23-17(21)15-13(14-9-6-10-24-14)11-25-16(15)20-18(22)19-12-7-4-3-5-8-12/h3-11H,2H2,1H3,(H2,19,20,22). The van der Waals surface area contributed by atoms with Crippen molar-refractivity contribution in [1.29, 1.82) is 0 Å². The lowest BCUT2D eigenvalue weighted by atomic mass is 10.1. The molecule has 0 unspecified atom stereocenters. The predicted molar refractivity (Wildman–Crippen MR) is 97.1 cm³/mol. The molecule has 6 nitrogen and oxygen atoms in total. The normalized spacial score (nSPS) is 10.3. The van der Waals surface area contributed by atoms with Crippen molar-refractivity contribution in [1.82, 2.24) is 0 Å². The van der Waals surface area contributed by atoms with Crippen molar-refractivity contribution in [3.8, 4) is 11.3 Å². The first-order chi connectivity index (χ1) is 12.2. The summed E-state index contributed by atoms with van der Waals surface area (Å²) in [6.07, 6.45) is 1.52. The average Bonchev–Trinajstić information content (AvgIpc) is 3.25. The summed E-state index contributed by atoms with van der Waals surface area (Å²) in [5.74, 6) is 0.0287. The maximum atomic E-state index is 12.4. The lowest BCUT2D eigenvalue weighted by Crippen LogP contribution is -2.20. The Bertz CT molecular complexity index is 857. The van der Waals surface area contributed by atoms with E-state index in [9.17, 15) is 9.59 Å². The number of carbonyl (C=O) groups is 2. The molecule has 128 valence electrons. The summed E-state index contributed by atoms with van der Waals surface area (Å²) in [5.41, 5.74) is 1.52. The van der Waals surface area contributed by atoms with Crippen molar-refractivity contribution in [2.45, 2.75) is 6.92 Å². The molecule has 0 saturated heterocycles. The van der Waals surface area contributed by atoms with Gasteiger partial charge in [0.25, 0.3) is 0 Å². The number of esters is 1. The Morgan fingerprint density at radius 2 is 1.92 bits per heavy atom. The monoisotopic (exact) mass is 356 g/mol. The minimum absolute atomic E-state index is 0.238. The number of anilines is 2. The number of para-hydroxylation sites is 1. The summed E-state index contributed by atoms with van der Waals surface area (Å²) in [6.45, 7) is 1.97. The number of carbonyl (C=O) groups excluding carboxylic acids is 2. The van der Waals surface area contributed by atoms with Gasteiger partial charge in [0.15, 0.2) is 0 Å². The summed E-state index contributed by atoms with van der Waals surface area (Å²) < 4.78 is 10.5. The molecule has 2 heterocycles. The molecule has 0 atom stereocenters. The highest BCUT2D eigenvalue weighted by Gasteiger charge is 2.24. The van der Waals surface area contributed by atoms with Crippen LogP contribution in [-0.4, -0.2) is 18.6 Å². The van der Waals surface area contributed by atoms with Crippen LogP contribution in [0.4, 0.5) is 15.5 Å². The highest BCUT2D eigenvalue weighted by Crippen LogP contribution is 2.36. The molecule has 0 aliphatic carbocycles. The van der Waals surface area contributed by atoms with E-state index in [1.807, 2.05) is 18.2 Å². The van der Waals surface area contributed by atoms with Gasteiger partial charge in [-0.05, 0) is 31.2 Å². The number of thiophene rings is 1. The van der Waals surface area contributed by atoms with E-state index in [4.69, 9.17) is 9.15 Å². The van der Waals surface area contributed by atoms with E-state index in [0.29, 0.717) is 22.0 Å². The highest BCUT2D eigenvalue weighted by molar-refractivity contribution is 7.15. The summed E-state index contributed by atoms with van der Waals surface area (Å²) in [5, 5.41) is 7.57. The number of rotatable bonds is 5. The number of furan rings is 1. The van der Waals surface area contributed by atoms with Gasteiger partial charge in [-0.3, -0.25) is 5.32 Å². The molecule has 1 aromatic carbocycles. The van der Waals surface area contributed by atoms with Crippen LogP contribution in [0.15, 0.2) is 58.5 Å². The van der Waals surface area contributed by atoms with E-state index in [-0.39, 0.29) is 12.2 Å². The summed E-state index contributed by atoms with van der Waals surface area (Å²) in [6, 6.07) is 12.1. The minimum atomic E-state index is -0.509. The van der Waals surface area contributed by atoms with Crippen LogP contribution in [0.25, 0.3) is 11.3 Å². The molecular weight excluding hydrogens is 340 g/mol. The quantitative estimate of drug-likeness (QED) is 0.642. The first-order valence-electron chi connectivity index (χ1n) is 7.64. The fraction of sp³-hybridized carbons (Fsp3) is 0.111. The van der Waals surface area contributed by atoms with E-state index >= 15 is 0 Å². The second-order valence-electron chi connectivity index (χ2n) is 5.00. The Balaban J connectivity index is 1.85. The zero-order chi connectivity index (χ0) is 17.6. The van der Waals surface area contributed by atoms with Crippen LogP contribution in [0.2, 0.25) is 0 Å². The Hall–Kier alpha value is -3.06. The molecule has 7 heteroatoms. The molecule has 3 aromatic rings. The van der Waals surface area contributed by atoms with Gasteiger partial charge in [0.05, 0.1) is 12.9 Å². The van der Waals surface area contributed by atoms with Gasteiger partial charge in [0.2, 0.25) is 0 Å². The molecule has 25 heavy (non-hydrogen) atoms. The van der Waals surface area contributed by atoms with E-state index in [0.717, 1.165) is 0 Å². The number of hydrogen-bond acceptors (Lipinski definition) is 5. The largest absolute Gasteiger partial charge is 0.464 e. The van der Waals surface area contributed by atoms with E-state index in [1.54, 1.807) is 36.6 Å². The van der Waals surface area contributed by atoms with Crippen molar-refractivity contribution in [3.63, 3.8) is 0 Å². The topological polar surface area (TPSA) is 80.6 Å². The fourth-order valence-electron chi connectivity index (χ4n) is 2.26. The first-order valence-corrected chi connectivity index (χ1v) is 8.52. The summed E-state index contributed by atoms with van der Waals surface area (Å²) in [4.78, 5) is 24.6. The molecule has 0 fully saturated rings. The number of hydrogen-bond donors (Lipinski definition) is 2. The van der Waals surface area contributed by atoms with Crippen molar-refractivity contribution < 1.29 is 18.7 Å². The van der Waals surface area contributed by atoms with E-state index in [1.165, 1.54) is 17.6 Å². The molecule has 3 rings (SSSR count). The lowest BCUT2D eigenvalue weighted by Gasteiger charge is -2.09. The van der Waals surface area contributed by atoms with Crippen LogP contribution in [0.5, 0.6) is 0 Å². The molecular formula is C18H16N2O4S. The summed E-state index contributed by atoms with van der Waals surface area (Å²) in [7, 11) is 0. The minimum Gasteiger partial charge on any atom is -0.464 e. The fourth-order valence-corrected chi connectivity index (χ4v) is 3.19. The maximum Gasteiger partial charge on any atom is 0.341 e. The molecule has 0 bridgehead atoms. The zero-order valence-electron chi connectivity index (χ0n) is 13.4. The van der Waals surface area contributed by atoms with Gasteiger partial charge < -0.3 is 14.5 Å². The van der Waals surface area contributed by atoms with Crippen molar-refractivity contribution in [3.05, 3.63) is 59.7 Å². The molecule has 0 aliphatic heterocycles. The lowest BCUT2D eigenvalue weighted by molar-refractivity contribution is 0.0529. The predicted octanol–water partition coefficient (Wildman–Crippen LogP) is 4.83. The van der Waals surface area contributed by atoms with Crippen LogP contribution < -0.4 is 10.6 Å². The Kier molecular flexibility index (Phi) is 5.15. The molecule has 2 amide bonds. The highest BCUT2D eigenvalue weighted by atomic mass is 32.1. The number of nitrogens with one attached hydrogen (secondary N) is 2. The third kappa shape index (κ3) is 3.89. The van der Waals surface area contributed by atoms with Gasteiger partial charge in [0.1, 0.15) is 16.3 Å². The molecule has 2 N–H and O–H groups in total. The average molecular weight is 356 g/mol. The van der Waals surface area contributed by atoms with Crippen molar-refractivity contribution >= 4 is 34.0 Å². The second-order valence-corrected chi connectivity index (χ2v) is 5.88. The molecule has 0 saturated carbocycles. The van der Waals surface area contributed by atoms with Crippen molar-refractivity contribution in [2.24, 2.45) is 0 Å². The Labute approximate surface area is 148 Å². The van der Waals surface area contributed by atoms with Crippen LogP contribution in [0.1, 0.15) is 17.3 Å². The Morgan fingerprint density at radius 1 is 1.12 bits per heavy atom. The zero-order valence-corrected chi connectivity index (χ0v) is 14.3. The molecule has 0 aliphatic rings. The molecule has 0 radical (unpaired) electrons. The van der Waals surface area contributed by atoms with Gasteiger partial charge in [-0.1, -0.05) is 18.2 Å². The first kappa shape index (κ1) is 16.8. The van der Waals surface area contributed by atoms with Crippen LogP contribution in [0, 0.1) is 0 Å². The van der Waals surface area contributed by atoms with Gasteiger partial charge in [-0.15, -0.1) is 11.3 Å². The van der Waals surface area contributed by atoms with Gasteiger partial charge in [-0.2, -0.15) is 0 Å².